The maximum absolute atomic E-state index is 12.8. The Morgan fingerprint density at radius 1 is 1.64 bits per heavy atom. The fourth-order valence-electron chi connectivity index (χ4n) is 0.979. The van der Waals surface area contributed by atoms with Gasteiger partial charge in [-0.15, -0.1) is 0 Å². The number of rotatable bonds is 2. The fraction of sp³-hybridized carbons (Fsp3) is 0.222. The van der Waals surface area contributed by atoms with Crippen molar-refractivity contribution in [1.29, 1.82) is 0 Å². The molecule has 76 valence electrons. The number of carbonyl (C=O) groups excluding carboxylic acids is 1. The molecule has 0 spiro atoms. The highest BCUT2D eigenvalue weighted by Gasteiger charge is 2.06. The molecule has 1 rings (SSSR count). The second kappa shape index (κ2) is 4.66. The molecule has 0 unspecified atom stereocenters. The first kappa shape index (κ1) is 11.3. The maximum atomic E-state index is 12.8. The number of hydrogen-bond acceptors (Lipinski definition) is 1. The molecule has 0 aromatic heterocycles. The van der Waals surface area contributed by atoms with Crippen LogP contribution < -0.4 is 0 Å². The molecule has 5 heteroatoms. The molecular formula is C9H9ClFNOS. The predicted molar refractivity (Wildman–Crippen MR) is 57.3 cm³/mol. The summed E-state index contributed by atoms with van der Waals surface area (Å²) in [4.78, 5) is 12.2. The SMILES string of the molecule is CN(Cc1ccc(F)c(Cl)c1)C(=O)S. The van der Waals surface area contributed by atoms with Gasteiger partial charge in [0.05, 0.1) is 5.02 Å². The lowest BCUT2D eigenvalue weighted by molar-refractivity contribution is 0.232. The Labute approximate surface area is 92.1 Å². The molecule has 1 aromatic carbocycles. The normalized spacial score (nSPS) is 10.0. The Morgan fingerprint density at radius 3 is 2.79 bits per heavy atom. The van der Waals surface area contributed by atoms with Gasteiger partial charge >= 0.3 is 0 Å². The summed E-state index contributed by atoms with van der Waals surface area (Å²) in [5, 5.41) is -0.284. The number of amides is 1. The molecule has 0 aliphatic carbocycles. The minimum atomic E-state index is -0.463. The Bertz CT molecular complexity index is 359. The van der Waals surface area contributed by atoms with E-state index in [4.69, 9.17) is 11.6 Å². The largest absolute Gasteiger partial charge is 0.333 e. The molecule has 0 bridgehead atoms. The van der Waals surface area contributed by atoms with Gasteiger partial charge in [-0.3, -0.25) is 4.79 Å². The van der Waals surface area contributed by atoms with Gasteiger partial charge in [0, 0.05) is 13.6 Å². The zero-order valence-corrected chi connectivity index (χ0v) is 9.15. The number of carbonyl (C=O) groups is 1. The summed E-state index contributed by atoms with van der Waals surface area (Å²) in [5.74, 6) is -0.463. The third-order valence-corrected chi connectivity index (χ3v) is 2.36. The molecule has 0 saturated carbocycles. The molecule has 0 fully saturated rings. The van der Waals surface area contributed by atoms with Crippen LogP contribution in [0, 0.1) is 5.82 Å². The van der Waals surface area contributed by atoms with Crippen molar-refractivity contribution >= 4 is 29.5 Å². The van der Waals surface area contributed by atoms with Gasteiger partial charge in [0.15, 0.2) is 0 Å². The average molecular weight is 234 g/mol. The lowest BCUT2D eigenvalue weighted by Crippen LogP contribution is -2.20. The van der Waals surface area contributed by atoms with Crippen LogP contribution in [0.25, 0.3) is 0 Å². The zero-order chi connectivity index (χ0) is 10.7. The molecule has 0 atom stereocenters. The standard InChI is InChI=1S/C9H9ClFNOS/c1-12(9(13)14)5-6-2-3-8(11)7(10)4-6/h2-4H,5H2,1H3,(H,13,14). The molecule has 14 heavy (non-hydrogen) atoms. The molecular weight excluding hydrogens is 225 g/mol. The second-order valence-corrected chi connectivity index (χ2v) is 3.68. The van der Waals surface area contributed by atoms with E-state index in [1.54, 1.807) is 13.1 Å². The number of hydrogen-bond donors (Lipinski definition) is 1. The number of halogens is 2. The van der Waals surface area contributed by atoms with Crippen LogP contribution in [0.2, 0.25) is 5.02 Å². The minimum absolute atomic E-state index is 0.0579. The third kappa shape index (κ3) is 2.89. The molecule has 0 heterocycles. The van der Waals surface area contributed by atoms with Gasteiger partial charge in [-0.2, -0.15) is 0 Å². The molecule has 1 aromatic rings. The van der Waals surface area contributed by atoms with Gasteiger partial charge in [0.25, 0.3) is 5.24 Å². The van der Waals surface area contributed by atoms with E-state index in [-0.39, 0.29) is 10.3 Å². The number of thiol groups is 1. The van der Waals surface area contributed by atoms with Gasteiger partial charge in [-0.1, -0.05) is 30.3 Å². The first-order chi connectivity index (χ1) is 6.50. The van der Waals surface area contributed by atoms with Crippen molar-refractivity contribution in [2.24, 2.45) is 0 Å². The number of nitrogens with zero attached hydrogens (tertiary/aromatic N) is 1. The summed E-state index contributed by atoms with van der Waals surface area (Å²) in [5.41, 5.74) is 0.765. The van der Waals surface area contributed by atoms with Crippen molar-refractivity contribution in [2.45, 2.75) is 6.54 Å². The molecule has 0 aliphatic rings. The summed E-state index contributed by atoms with van der Waals surface area (Å²) >= 11 is 9.23. The lowest BCUT2D eigenvalue weighted by atomic mass is 10.2. The Morgan fingerprint density at radius 2 is 2.29 bits per heavy atom. The van der Waals surface area contributed by atoms with Gasteiger partial charge < -0.3 is 4.90 Å². The first-order valence-corrected chi connectivity index (χ1v) is 4.71. The predicted octanol–water partition coefficient (Wildman–Crippen LogP) is 2.96. The third-order valence-electron chi connectivity index (χ3n) is 1.73. The Kier molecular flexibility index (Phi) is 3.77. The smallest absolute Gasteiger partial charge is 0.278 e. The van der Waals surface area contributed by atoms with E-state index in [0.717, 1.165) is 5.56 Å². The monoisotopic (exact) mass is 233 g/mol. The van der Waals surface area contributed by atoms with Crippen LogP contribution >= 0.6 is 24.2 Å². The number of benzene rings is 1. The van der Waals surface area contributed by atoms with Crippen molar-refractivity contribution in [3.63, 3.8) is 0 Å². The topological polar surface area (TPSA) is 20.3 Å². The van der Waals surface area contributed by atoms with E-state index >= 15 is 0 Å². The molecule has 1 amide bonds. The van der Waals surface area contributed by atoms with E-state index in [2.05, 4.69) is 12.6 Å². The van der Waals surface area contributed by atoms with E-state index in [1.165, 1.54) is 17.0 Å². The van der Waals surface area contributed by atoms with Crippen LogP contribution in [0.15, 0.2) is 18.2 Å². The second-order valence-electron chi connectivity index (χ2n) is 2.89. The van der Waals surface area contributed by atoms with Gasteiger partial charge in [0.1, 0.15) is 5.82 Å². The summed E-state index contributed by atoms with van der Waals surface area (Å²) < 4.78 is 12.8. The van der Waals surface area contributed by atoms with E-state index in [9.17, 15) is 9.18 Å². The van der Waals surface area contributed by atoms with Crippen molar-refractivity contribution in [2.75, 3.05) is 7.05 Å². The van der Waals surface area contributed by atoms with Crippen molar-refractivity contribution in [1.82, 2.24) is 4.90 Å². The van der Waals surface area contributed by atoms with Crippen LogP contribution in [0.4, 0.5) is 9.18 Å². The van der Waals surface area contributed by atoms with Crippen LogP contribution in [0.5, 0.6) is 0 Å². The highest BCUT2D eigenvalue weighted by molar-refractivity contribution is 7.96. The van der Waals surface area contributed by atoms with Crippen molar-refractivity contribution in [3.05, 3.63) is 34.6 Å². The van der Waals surface area contributed by atoms with Crippen LogP contribution in [0.3, 0.4) is 0 Å². The molecule has 2 nitrogen and oxygen atoms in total. The highest BCUT2D eigenvalue weighted by atomic mass is 35.5. The van der Waals surface area contributed by atoms with Crippen molar-refractivity contribution in [3.8, 4) is 0 Å². The quantitative estimate of drug-likeness (QED) is 0.779. The molecule has 0 radical (unpaired) electrons. The van der Waals surface area contributed by atoms with E-state index in [0.29, 0.717) is 6.54 Å². The fourth-order valence-corrected chi connectivity index (χ4v) is 1.25. The van der Waals surface area contributed by atoms with Gasteiger partial charge in [-0.05, 0) is 17.7 Å². The Balaban J connectivity index is 2.78. The van der Waals surface area contributed by atoms with Crippen molar-refractivity contribution < 1.29 is 9.18 Å². The minimum Gasteiger partial charge on any atom is -0.333 e. The highest BCUT2D eigenvalue weighted by Crippen LogP contribution is 2.17. The first-order valence-electron chi connectivity index (χ1n) is 3.88. The lowest BCUT2D eigenvalue weighted by Gasteiger charge is -2.13. The van der Waals surface area contributed by atoms with Crippen LogP contribution in [0.1, 0.15) is 5.56 Å². The van der Waals surface area contributed by atoms with E-state index < -0.39 is 5.82 Å². The maximum Gasteiger partial charge on any atom is 0.278 e. The van der Waals surface area contributed by atoms with Gasteiger partial charge in [0.2, 0.25) is 0 Å². The summed E-state index contributed by atoms with van der Waals surface area (Å²) in [6.45, 7) is 0.363. The van der Waals surface area contributed by atoms with E-state index in [1.807, 2.05) is 0 Å². The summed E-state index contributed by atoms with van der Waals surface area (Å²) in [7, 11) is 1.60. The summed E-state index contributed by atoms with van der Waals surface area (Å²) in [6.07, 6.45) is 0. The molecule has 0 N–H and O–H groups in total. The Hall–Kier alpha value is -0.740. The zero-order valence-electron chi connectivity index (χ0n) is 7.50. The van der Waals surface area contributed by atoms with Crippen LogP contribution in [-0.4, -0.2) is 17.2 Å². The van der Waals surface area contributed by atoms with Gasteiger partial charge in [-0.25, -0.2) is 4.39 Å². The molecule has 0 aliphatic heterocycles. The summed E-state index contributed by atoms with van der Waals surface area (Å²) in [6, 6.07) is 4.34. The van der Waals surface area contributed by atoms with Crippen LogP contribution in [-0.2, 0) is 6.54 Å². The average Bonchev–Trinajstić information content (AvgIpc) is 2.11. The molecule has 0 saturated heterocycles.